The lowest BCUT2D eigenvalue weighted by atomic mass is 9.97. The molecule has 0 aliphatic heterocycles. The Hall–Kier alpha value is -2.30. The van der Waals surface area contributed by atoms with Crippen LogP contribution in [0.4, 0.5) is 0 Å². The van der Waals surface area contributed by atoms with Crippen LogP contribution in [0.1, 0.15) is 26.3 Å². The van der Waals surface area contributed by atoms with Gasteiger partial charge in [-0.3, -0.25) is 0 Å². The highest BCUT2D eigenvalue weighted by Crippen LogP contribution is 2.13. The van der Waals surface area contributed by atoms with Crippen LogP contribution >= 0.6 is 11.6 Å². The van der Waals surface area contributed by atoms with Gasteiger partial charge in [-0.1, -0.05) is 44.5 Å². The molecule has 0 heterocycles. The van der Waals surface area contributed by atoms with Crippen LogP contribution in [0.2, 0.25) is 5.02 Å². The number of hydrogen-bond acceptors (Lipinski definition) is 4. The highest BCUT2D eigenvalue weighted by atomic mass is 35.5. The summed E-state index contributed by atoms with van der Waals surface area (Å²) in [5.41, 5.74) is 0.995. The van der Waals surface area contributed by atoms with Crippen molar-refractivity contribution in [2.75, 3.05) is 6.54 Å². The Balaban J connectivity index is 2.97. The quantitative estimate of drug-likeness (QED) is 0.681. The molecule has 0 saturated carbocycles. The number of nitriles is 2. The van der Waals surface area contributed by atoms with E-state index in [0.717, 1.165) is 5.56 Å². The Bertz CT molecular complexity index is 639. The fraction of sp³-hybridized carbons (Fsp3) is 0.312. The van der Waals surface area contributed by atoms with E-state index in [0.29, 0.717) is 11.6 Å². The first-order valence-electron chi connectivity index (χ1n) is 6.44. The zero-order valence-electron chi connectivity index (χ0n) is 12.3. The monoisotopic (exact) mass is 300 g/mol. The van der Waals surface area contributed by atoms with Gasteiger partial charge in [-0.05, 0) is 23.1 Å². The molecule has 0 unspecified atom stereocenters. The van der Waals surface area contributed by atoms with E-state index >= 15 is 0 Å². The van der Waals surface area contributed by atoms with Gasteiger partial charge in [0.05, 0.1) is 0 Å². The lowest BCUT2D eigenvalue weighted by molar-refractivity contribution is 0.399. The molecule has 4 nitrogen and oxygen atoms in total. The maximum Gasteiger partial charge on any atom is 0.174 e. The summed E-state index contributed by atoms with van der Waals surface area (Å²) in [4.78, 5) is 4.08. The number of nitrogens with zero attached hydrogens (tertiary/aromatic N) is 3. The minimum absolute atomic E-state index is 0.000659. The number of rotatable bonds is 4. The lowest BCUT2D eigenvalue weighted by Crippen LogP contribution is -2.26. The van der Waals surface area contributed by atoms with E-state index in [2.05, 4.69) is 10.3 Å². The van der Waals surface area contributed by atoms with Gasteiger partial charge in [-0.2, -0.15) is 10.5 Å². The van der Waals surface area contributed by atoms with Gasteiger partial charge in [0.2, 0.25) is 0 Å². The van der Waals surface area contributed by atoms with Crippen molar-refractivity contribution in [1.82, 2.24) is 5.32 Å². The third-order valence-corrected chi connectivity index (χ3v) is 2.68. The second kappa shape index (κ2) is 7.47. The molecule has 0 atom stereocenters. The molecular weight excluding hydrogens is 284 g/mol. The first-order valence-corrected chi connectivity index (χ1v) is 6.81. The van der Waals surface area contributed by atoms with Crippen molar-refractivity contribution >= 4 is 17.8 Å². The van der Waals surface area contributed by atoms with Gasteiger partial charge in [-0.25, -0.2) is 4.99 Å². The van der Waals surface area contributed by atoms with Crippen molar-refractivity contribution in [3.8, 4) is 12.1 Å². The molecule has 0 aliphatic carbocycles. The van der Waals surface area contributed by atoms with E-state index in [1.165, 1.54) is 6.21 Å². The predicted molar refractivity (Wildman–Crippen MR) is 84.8 cm³/mol. The standard InChI is InChI=1S/C16H17ClN4/c1-16(2,3)11-21-15(9-19)14(8-18)20-10-12-5-4-6-13(17)7-12/h4-7,10,21H,11H2,1-3H3/b15-14+,20-10?. The summed E-state index contributed by atoms with van der Waals surface area (Å²) in [7, 11) is 0. The number of nitrogens with one attached hydrogen (secondary N) is 1. The molecule has 108 valence electrons. The van der Waals surface area contributed by atoms with Crippen molar-refractivity contribution in [3.05, 3.63) is 46.2 Å². The van der Waals surface area contributed by atoms with E-state index in [1.54, 1.807) is 18.2 Å². The molecule has 0 amide bonds. The van der Waals surface area contributed by atoms with Gasteiger partial charge in [0, 0.05) is 17.8 Å². The molecule has 0 fully saturated rings. The Labute approximate surface area is 130 Å². The summed E-state index contributed by atoms with van der Waals surface area (Å²) in [6, 6.07) is 11.0. The van der Waals surface area contributed by atoms with E-state index in [-0.39, 0.29) is 16.8 Å². The van der Waals surface area contributed by atoms with Crippen LogP contribution in [0, 0.1) is 28.1 Å². The maximum absolute atomic E-state index is 9.15. The first kappa shape index (κ1) is 16.8. The highest BCUT2D eigenvalue weighted by molar-refractivity contribution is 6.30. The second-order valence-electron chi connectivity index (χ2n) is 5.67. The van der Waals surface area contributed by atoms with Crippen molar-refractivity contribution < 1.29 is 0 Å². The Morgan fingerprint density at radius 2 is 2.05 bits per heavy atom. The number of benzene rings is 1. The summed E-state index contributed by atoms with van der Waals surface area (Å²) in [6.45, 7) is 6.69. The van der Waals surface area contributed by atoms with Gasteiger partial charge in [0.25, 0.3) is 0 Å². The highest BCUT2D eigenvalue weighted by Gasteiger charge is 2.12. The van der Waals surface area contributed by atoms with Crippen LogP contribution in [0.25, 0.3) is 0 Å². The zero-order chi connectivity index (χ0) is 15.9. The third kappa shape index (κ3) is 6.12. The lowest BCUT2D eigenvalue weighted by Gasteiger charge is -2.18. The Kier molecular flexibility index (Phi) is 5.96. The van der Waals surface area contributed by atoms with Gasteiger partial charge < -0.3 is 5.32 Å². The summed E-state index contributed by atoms with van der Waals surface area (Å²) in [5.74, 6) is 0. The third-order valence-electron chi connectivity index (χ3n) is 2.44. The molecule has 0 saturated heterocycles. The molecule has 1 aromatic carbocycles. The van der Waals surface area contributed by atoms with Crippen molar-refractivity contribution in [2.45, 2.75) is 20.8 Å². The first-order chi connectivity index (χ1) is 9.85. The smallest absolute Gasteiger partial charge is 0.174 e. The topological polar surface area (TPSA) is 72.0 Å². The molecular formula is C16H17ClN4. The Morgan fingerprint density at radius 3 is 2.57 bits per heavy atom. The summed E-state index contributed by atoms with van der Waals surface area (Å²) in [6.07, 6.45) is 1.51. The Morgan fingerprint density at radius 1 is 1.33 bits per heavy atom. The van der Waals surface area contributed by atoms with E-state index in [1.807, 2.05) is 39.0 Å². The number of aliphatic imine (C=N–C) groups is 1. The average Bonchev–Trinajstić information content (AvgIpc) is 2.41. The average molecular weight is 301 g/mol. The number of hydrogen-bond donors (Lipinski definition) is 1. The van der Waals surface area contributed by atoms with Gasteiger partial charge in [0.1, 0.15) is 12.1 Å². The normalized spacial score (nSPS) is 12.5. The summed E-state index contributed by atoms with van der Waals surface area (Å²) in [5, 5.41) is 21.9. The second-order valence-corrected chi connectivity index (χ2v) is 6.11. The van der Waals surface area contributed by atoms with Crippen molar-refractivity contribution in [3.63, 3.8) is 0 Å². The molecule has 0 aromatic heterocycles. The predicted octanol–water partition coefficient (Wildman–Crippen LogP) is 3.65. The van der Waals surface area contributed by atoms with E-state index < -0.39 is 0 Å². The van der Waals surface area contributed by atoms with Crippen LogP contribution in [0.3, 0.4) is 0 Å². The van der Waals surface area contributed by atoms with Crippen LogP contribution in [0.5, 0.6) is 0 Å². The number of halogens is 1. The van der Waals surface area contributed by atoms with Crippen LogP contribution in [-0.4, -0.2) is 12.8 Å². The van der Waals surface area contributed by atoms with E-state index in [9.17, 15) is 0 Å². The fourth-order valence-electron chi connectivity index (χ4n) is 1.41. The SMILES string of the molecule is CC(C)(C)CN/C(C#N)=C(\C#N)N=Cc1cccc(Cl)c1. The fourth-order valence-corrected chi connectivity index (χ4v) is 1.60. The van der Waals surface area contributed by atoms with Crippen LogP contribution in [-0.2, 0) is 0 Å². The van der Waals surface area contributed by atoms with Gasteiger partial charge in [-0.15, -0.1) is 0 Å². The molecule has 0 radical (unpaired) electrons. The molecule has 0 bridgehead atoms. The van der Waals surface area contributed by atoms with Gasteiger partial charge in [0.15, 0.2) is 11.4 Å². The van der Waals surface area contributed by atoms with Crippen LogP contribution < -0.4 is 5.32 Å². The largest absolute Gasteiger partial charge is 0.374 e. The minimum atomic E-state index is -0.000659. The molecule has 1 aromatic rings. The number of allylic oxidation sites excluding steroid dienone is 2. The molecule has 0 aliphatic rings. The van der Waals surface area contributed by atoms with Crippen LogP contribution in [0.15, 0.2) is 40.7 Å². The molecule has 5 heteroatoms. The molecule has 0 spiro atoms. The minimum Gasteiger partial charge on any atom is -0.374 e. The molecule has 1 N–H and O–H groups in total. The van der Waals surface area contributed by atoms with Crippen molar-refractivity contribution in [1.29, 1.82) is 10.5 Å². The zero-order valence-corrected chi connectivity index (χ0v) is 13.1. The maximum atomic E-state index is 9.15. The van der Waals surface area contributed by atoms with E-state index in [4.69, 9.17) is 22.1 Å². The molecule has 21 heavy (non-hydrogen) atoms. The molecule has 1 rings (SSSR count). The van der Waals surface area contributed by atoms with Crippen molar-refractivity contribution in [2.24, 2.45) is 10.4 Å². The summed E-state index contributed by atoms with van der Waals surface area (Å²) >= 11 is 5.88. The van der Waals surface area contributed by atoms with Gasteiger partial charge >= 0.3 is 0 Å². The summed E-state index contributed by atoms with van der Waals surface area (Å²) < 4.78 is 0.